The minimum Gasteiger partial charge on any atom is -0.343 e. The standard InChI is InChI=1S/C26H24FN5/c27-20-3-1-2-17(14-20)16-32-13-9-19-4-5-23(31-26(19)32)21-8-12-29-25-22(21)15-24(30-25)18-6-10-28-11-7-18/h1-5,8-9,12-15,18,28H,6-7,10-11,16H2,(H,29,30). The van der Waals surface area contributed by atoms with Crippen LogP contribution in [0, 0.1) is 5.82 Å². The van der Waals surface area contributed by atoms with Gasteiger partial charge in [-0.05, 0) is 74.0 Å². The maximum absolute atomic E-state index is 13.6. The molecule has 0 amide bonds. The van der Waals surface area contributed by atoms with Gasteiger partial charge in [0.25, 0.3) is 0 Å². The molecule has 5 heterocycles. The Kier molecular flexibility index (Phi) is 4.72. The Labute approximate surface area is 185 Å². The van der Waals surface area contributed by atoms with Crippen LogP contribution in [-0.4, -0.2) is 32.6 Å². The first-order valence-electron chi connectivity index (χ1n) is 11.1. The van der Waals surface area contributed by atoms with Gasteiger partial charge >= 0.3 is 0 Å². The number of aromatic amines is 1. The second-order valence-corrected chi connectivity index (χ2v) is 8.55. The highest BCUT2D eigenvalue weighted by Gasteiger charge is 2.19. The Bertz CT molecular complexity index is 1410. The highest BCUT2D eigenvalue weighted by atomic mass is 19.1. The van der Waals surface area contributed by atoms with Crippen molar-refractivity contribution in [1.29, 1.82) is 0 Å². The van der Waals surface area contributed by atoms with Crippen LogP contribution in [-0.2, 0) is 6.54 Å². The van der Waals surface area contributed by atoms with Crippen LogP contribution in [0.3, 0.4) is 0 Å². The van der Waals surface area contributed by atoms with Gasteiger partial charge in [0.15, 0.2) is 0 Å². The lowest BCUT2D eigenvalue weighted by Crippen LogP contribution is -2.26. The van der Waals surface area contributed by atoms with Gasteiger partial charge in [-0.25, -0.2) is 14.4 Å². The summed E-state index contributed by atoms with van der Waals surface area (Å²) in [6.07, 6.45) is 6.14. The Morgan fingerprint density at radius 1 is 1.03 bits per heavy atom. The third kappa shape index (κ3) is 3.46. The van der Waals surface area contributed by atoms with E-state index in [1.165, 1.54) is 11.8 Å². The molecule has 0 spiro atoms. The summed E-state index contributed by atoms with van der Waals surface area (Å²) < 4.78 is 15.7. The molecule has 5 nitrogen and oxygen atoms in total. The summed E-state index contributed by atoms with van der Waals surface area (Å²) in [5, 5.41) is 5.61. The summed E-state index contributed by atoms with van der Waals surface area (Å²) in [5.74, 6) is 0.320. The molecule has 6 heteroatoms. The number of nitrogens with one attached hydrogen (secondary N) is 2. The van der Waals surface area contributed by atoms with Crippen molar-refractivity contribution in [3.8, 4) is 11.3 Å². The smallest absolute Gasteiger partial charge is 0.140 e. The number of piperidine rings is 1. The van der Waals surface area contributed by atoms with E-state index in [4.69, 9.17) is 4.98 Å². The zero-order chi connectivity index (χ0) is 21.5. The molecule has 1 aromatic carbocycles. The van der Waals surface area contributed by atoms with Crippen LogP contribution in [0.2, 0.25) is 0 Å². The van der Waals surface area contributed by atoms with E-state index in [2.05, 4.69) is 44.1 Å². The first-order chi connectivity index (χ1) is 15.7. The number of rotatable bonds is 4. The number of hydrogen-bond acceptors (Lipinski definition) is 3. The number of aromatic nitrogens is 4. The highest BCUT2D eigenvalue weighted by Crippen LogP contribution is 2.32. The molecular formula is C26H24FN5. The van der Waals surface area contributed by atoms with Gasteiger partial charge in [0.05, 0.1) is 5.69 Å². The molecule has 1 saturated heterocycles. The summed E-state index contributed by atoms with van der Waals surface area (Å²) in [6.45, 7) is 2.69. The molecule has 160 valence electrons. The normalized spacial score (nSPS) is 15.0. The van der Waals surface area contributed by atoms with E-state index in [1.54, 1.807) is 12.1 Å². The van der Waals surface area contributed by atoms with Crippen LogP contribution in [0.4, 0.5) is 4.39 Å². The molecule has 32 heavy (non-hydrogen) atoms. The zero-order valence-electron chi connectivity index (χ0n) is 17.7. The average Bonchev–Trinajstić information content (AvgIpc) is 3.44. The van der Waals surface area contributed by atoms with Gasteiger partial charge in [-0.15, -0.1) is 0 Å². The van der Waals surface area contributed by atoms with Crippen LogP contribution in [0.1, 0.15) is 30.0 Å². The van der Waals surface area contributed by atoms with E-state index >= 15 is 0 Å². The van der Waals surface area contributed by atoms with Crippen LogP contribution < -0.4 is 5.32 Å². The average molecular weight is 426 g/mol. The summed E-state index contributed by atoms with van der Waals surface area (Å²) >= 11 is 0. The van der Waals surface area contributed by atoms with Crippen molar-refractivity contribution in [2.45, 2.75) is 25.3 Å². The molecule has 1 aliphatic rings. The fourth-order valence-corrected chi connectivity index (χ4v) is 4.79. The van der Waals surface area contributed by atoms with E-state index in [9.17, 15) is 4.39 Å². The molecule has 0 aliphatic carbocycles. The summed E-state index contributed by atoms with van der Waals surface area (Å²) in [5.41, 5.74) is 5.97. The van der Waals surface area contributed by atoms with Crippen molar-refractivity contribution < 1.29 is 4.39 Å². The minimum absolute atomic E-state index is 0.219. The van der Waals surface area contributed by atoms with Crippen LogP contribution in [0.15, 0.2) is 67.0 Å². The van der Waals surface area contributed by atoms with Crippen molar-refractivity contribution in [3.05, 3.63) is 84.1 Å². The third-order valence-electron chi connectivity index (χ3n) is 6.46. The molecule has 1 fully saturated rings. The molecule has 2 N–H and O–H groups in total. The van der Waals surface area contributed by atoms with Crippen molar-refractivity contribution in [2.75, 3.05) is 13.1 Å². The summed E-state index contributed by atoms with van der Waals surface area (Å²) in [4.78, 5) is 13.1. The minimum atomic E-state index is -0.219. The van der Waals surface area contributed by atoms with Crippen molar-refractivity contribution in [3.63, 3.8) is 0 Å². The zero-order valence-corrected chi connectivity index (χ0v) is 17.7. The van der Waals surface area contributed by atoms with Gasteiger partial charge in [-0.3, -0.25) is 0 Å². The molecular weight excluding hydrogens is 401 g/mol. The summed E-state index contributed by atoms with van der Waals surface area (Å²) in [7, 11) is 0. The van der Waals surface area contributed by atoms with Crippen molar-refractivity contribution in [2.24, 2.45) is 0 Å². The maximum Gasteiger partial charge on any atom is 0.140 e. The molecule has 0 unspecified atom stereocenters. The van der Waals surface area contributed by atoms with Crippen LogP contribution in [0.25, 0.3) is 33.3 Å². The number of hydrogen-bond donors (Lipinski definition) is 2. The van der Waals surface area contributed by atoms with E-state index in [0.717, 1.165) is 64.8 Å². The van der Waals surface area contributed by atoms with Crippen LogP contribution in [0.5, 0.6) is 0 Å². The Balaban J connectivity index is 1.40. The van der Waals surface area contributed by atoms with E-state index in [1.807, 2.05) is 24.5 Å². The van der Waals surface area contributed by atoms with Crippen LogP contribution >= 0.6 is 0 Å². The molecule has 0 saturated carbocycles. The quantitative estimate of drug-likeness (QED) is 0.414. The monoisotopic (exact) mass is 425 g/mol. The lowest BCUT2D eigenvalue weighted by atomic mass is 9.94. The van der Waals surface area contributed by atoms with Gasteiger partial charge < -0.3 is 14.9 Å². The van der Waals surface area contributed by atoms with Gasteiger partial charge in [0, 0.05) is 46.9 Å². The molecule has 0 bridgehead atoms. The molecule has 0 radical (unpaired) electrons. The van der Waals surface area contributed by atoms with Crippen molar-refractivity contribution >= 4 is 22.1 Å². The Morgan fingerprint density at radius 2 is 1.94 bits per heavy atom. The third-order valence-corrected chi connectivity index (χ3v) is 6.46. The maximum atomic E-state index is 13.6. The molecule has 0 atom stereocenters. The van der Waals surface area contributed by atoms with Gasteiger partial charge in [0.2, 0.25) is 0 Å². The molecule has 4 aromatic heterocycles. The van der Waals surface area contributed by atoms with Gasteiger partial charge in [0.1, 0.15) is 17.1 Å². The Hall–Kier alpha value is -3.51. The predicted molar refractivity (Wildman–Crippen MR) is 125 cm³/mol. The van der Waals surface area contributed by atoms with E-state index in [-0.39, 0.29) is 5.82 Å². The first-order valence-corrected chi connectivity index (χ1v) is 11.1. The lowest BCUT2D eigenvalue weighted by molar-refractivity contribution is 0.455. The predicted octanol–water partition coefficient (Wildman–Crippen LogP) is 5.23. The van der Waals surface area contributed by atoms with E-state index in [0.29, 0.717) is 12.5 Å². The number of halogens is 1. The second-order valence-electron chi connectivity index (χ2n) is 8.55. The fourth-order valence-electron chi connectivity index (χ4n) is 4.79. The molecule has 1 aliphatic heterocycles. The lowest BCUT2D eigenvalue weighted by Gasteiger charge is -2.21. The van der Waals surface area contributed by atoms with Gasteiger partial charge in [-0.2, -0.15) is 0 Å². The number of nitrogens with zero attached hydrogens (tertiary/aromatic N) is 3. The Morgan fingerprint density at radius 3 is 2.81 bits per heavy atom. The topological polar surface area (TPSA) is 58.5 Å². The van der Waals surface area contributed by atoms with Gasteiger partial charge in [-0.1, -0.05) is 12.1 Å². The number of benzene rings is 1. The van der Waals surface area contributed by atoms with E-state index < -0.39 is 0 Å². The summed E-state index contributed by atoms with van der Waals surface area (Å²) in [6, 6.07) is 17.2. The molecule has 6 rings (SSSR count). The largest absolute Gasteiger partial charge is 0.343 e. The SMILES string of the molecule is Fc1cccc(Cn2ccc3ccc(-c4ccnc5[nH]c(C6CCNCC6)cc45)nc32)c1. The first kappa shape index (κ1) is 19.2. The second kappa shape index (κ2) is 7.88. The number of H-pyrrole nitrogens is 1. The number of fused-ring (bicyclic) bond motifs is 2. The van der Waals surface area contributed by atoms with Crippen molar-refractivity contribution in [1.82, 2.24) is 24.8 Å². The number of pyridine rings is 2. The fraction of sp³-hybridized carbons (Fsp3) is 0.231. The highest BCUT2D eigenvalue weighted by molar-refractivity contribution is 5.94. The molecule has 5 aromatic rings.